The highest BCUT2D eigenvalue weighted by atomic mass is 16.5. The lowest BCUT2D eigenvalue weighted by Crippen LogP contribution is -2.29. The van der Waals surface area contributed by atoms with E-state index in [-0.39, 0.29) is 0 Å². The molecule has 1 aromatic rings. The lowest BCUT2D eigenvalue weighted by molar-refractivity contribution is 0.0677. The first-order valence-electron chi connectivity index (χ1n) is 5.53. The number of rotatable bonds is 3. The highest BCUT2D eigenvalue weighted by molar-refractivity contribution is 5.25. The Bertz CT molecular complexity index is 366. The number of ether oxygens (including phenoxy) is 1. The average Bonchev–Trinajstić information content (AvgIpc) is 2.59. The van der Waals surface area contributed by atoms with Crippen molar-refractivity contribution in [2.75, 3.05) is 20.2 Å². The molecule has 0 spiro atoms. The third kappa shape index (κ3) is 2.51. The molecule has 1 saturated heterocycles. The van der Waals surface area contributed by atoms with Crippen LogP contribution in [0.25, 0.3) is 0 Å². The summed E-state index contributed by atoms with van der Waals surface area (Å²) in [7, 11) is 1.63. The van der Waals surface area contributed by atoms with Crippen molar-refractivity contribution < 1.29 is 9.84 Å². The number of aliphatic hydroxyl groups is 1. The molecule has 0 aliphatic carbocycles. The Labute approximate surface area is 95.9 Å². The standard InChI is InChI=1S/C12H18N2O2/c1-12(15)5-7-14(9-12)8-10-4-3-6-13-11(10)16-2/h3-4,6,15H,5,7-9H2,1-2H3. The molecular formula is C12H18N2O2. The number of aromatic nitrogens is 1. The maximum Gasteiger partial charge on any atom is 0.217 e. The van der Waals surface area contributed by atoms with Crippen LogP contribution >= 0.6 is 0 Å². The van der Waals surface area contributed by atoms with Crippen LogP contribution in [-0.2, 0) is 6.54 Å². The highest BCUT2D eigenvalue weighted by Gasteiger charge is 2.31. The van der Waals surface area contributed by atoms with E-state index >= 15 is 0 Å². The minimum absolute atomic E-state index is 0.546. The van der Waals surface area contributed by atoms with Gasteiger partial charge in [-0.3, -0.25) is 4.90 Å². The Kier molecular flexibility index (Phi) is 3.12. The van der Waals surface area contributed by atoms with Gasteiger partial charge in [0.2, 0.25) is 5.88 Å². The largest absolute Gasteiger partial charge is 0.481 e. The smallest absolute Gasteiger partial charge is 0.217 e. The molecule has 1 aromatic heterocycles. The van der Waals surface area contributed by atoms with Crippen LogP contribution < -0.4 is 4.74 Å². The molecule has 0 aromatic carbocycles. The van der Waals surface area contributed by atoms with Gasteiger partial charge in [-0.2, -0.15) is 0 Å². The molecule has 0 radical (unpaired) electrons. The van der Waals surface area contributed by atoms with Crippen molar-refractivity contribution in [1.82, 2.24) is 9.88 Å². The van der Waals surface area contributed by atoms with E-state index in [0.717, 1.165) is 25.1 Å². The molecular weight excluding hydrogens is 204 g/mol. The second kappa shape index (κ2) is 4.39. The van der Waals surface area contributed by atoms with Gasteiger partial charge >= 0.3 is 0 Å². The van der Waals surface area contributed by atoms with Gasteiger partial charge in [0.15, 0.2) is 0 Å². The fourth-order valence-corrected chi connectivity index (χ4v) is 2.14. The maximum absolute atomic E-state index is 9.88. The summed E-state index contributed by atoms with van der Waals surface area (Å²) in [6.45, 7) is 4.30. The van der Waals surface area contributed by atoms with Crippen LogP contribution in [0.5, 0.6) is 5.88 Å². The Balaban J connectivity index is 2.04. The second-order valence-corrected chi connectivity index (χ2v) is 4.63. The lowest BCUT2D eigenvalue weighted by atomic mass is 10.1. The Morgan fingerprint density at radius 2 is 2.44 bits per heavy atom. The van der Waals surface area contributed by atoms with E-state index in [0.29, 0.717) is 12.4 Å². The predicted molar refractivity (Wildman–Crippen MR) is 61.3 cm³/mol. The number of likely N-dealkylation sites (tertiary alicyclic amines) is 1. The van der Waals surface area contributed by atoms with E-state index in [1.165, 1.54) is 0 Å². The summed E-state index contributed by atoms with van der Waals surface area (Å²) in [6, 6.07) is 3.92. The van der Waals surface area contributed by atoms with Crippen molar-refractivity contribution in [2.24, 2.45) is 0 Å². The predicted octanol–water partition coefficient (Wildman–Crippen LogP) is 1.05. The lowest BCUT2D eigenvalue weighted by Gasteiger charge is -2.19. The molecule has 1 unspecified atom stereocenters. The van der Waals surface area contributed by atoms with Crippen LogP contribution in [0.4, 0.5) is 0 Å². The van der Waals surface area contributed by atoms with Crippen molar-refractivity contribution in [2.45, 2.75) is 25.5 Å². The van der Waals surface area contributed by atoms with Crippen molar-refractivity contribution in [3.05, 3.63) is 23.9 Å². The number of hydrogen-bond donors (Lipinski definition) is 1. The van der Waals surface area contributed by atoms with Gasteiger partial charge in [0.1, 0.15) is 0 Å². The Morgan fingerprint density at radius 1 is 1.62 bits per heavy atom. The fourth-order valence-electron chi connectivity index (χ4n) is 2.14. The van der Waals surface area contributed by atoms with Gasteiger partial charge in [-0.1, -0.05) is 6.07 Å². The normalized spacial score (nSPS) is 25.9. The molecule has 4 nitrogen and oxygen atoms in total. The zero-order valence-corrected chi connectivity index (χ0v) is 9.81. The molecule has 16 heavy (non-hydrogen) atoms. The van der Waals surface area contributed by atoms with Gasteiger partial charge in [-0.05, 0) is 19.4 Å². The Morgan fingerprint density at radius 3 is 3.06 bits per heavy atom. The molecule has 0 amide bonds. The average molecular weight is 222 g/mol. The number of methoxy groups -OCH3 is 1. The molecule has 4 heteroatoms. The quantitative estimate of drug-likeness (QED) is 0.830. The van der Waals surface area contributed by atoms with Crippen LogP contribution in [0.3, 0.4) is 0 Å². The van der Waals surface area contributed by atoms with Gasteiger partial charge in [0.05, 0.1) is 12.7 Å². The summed E-state index contributed by atoms with van der Waals surface area (Å²) < 4.78 is 5.21. The zero-order valence-electron chi connectivity index (χ0n) is 9.81. The first-order valence-corrected chi connectivity index (χ1v) is 5.53. The number of β-amino-alcohol motifs (C(OH)–C–C–N with tert-alkyl or cyclic N) is 1. The first kappa shape index (κ1) is 11.4. The molecule has 1 N–H and O–H groups in total. The Hall–Kier alpha value is -1.13. The summed E-state index contributed by atoms with van der Waals surface area (Å²) in [6.07, 6.45) is 2.55. The van der Waals surface area contributed by atoms with Gasteiger partial charge in [0, 0.05) is 31.4 Å². The molecule has 0 saturated carbocycles. The summed E-state index contributed by atoms with van der Waals surface area (Å²) >= 11 is 0. The molecule has 1 aliphatic heterocycles. The molecule has 1 aliphatic rings. The van der Waals surface area contributed by atoms with Crippen LogP contribution in [0, 0.1) is 0 Å². The van der Waals surface area contributed by atoms with E-state index in [2.05, 4.69) is 9.88 Å². The summed E-state index contributed by atoms with van der Waals surface area (Å²) in [5.74, 6) is 0.675. The van der Waals surface area contributed by atoms with Gasteiger partial charge in [0.25, 0.3) is 0 Å². The maximum atomic E-state index is 9.88. The van der Waals surface area contributed by atoms with Crippen molar-refractivity contribution >= 4 is 0 Å². The monoisotopic (exact) mass is 222 g/mol. The topological polar surface area (TPSA) is 45.6 Å². The van der Waals surface area contributed by atoms with Gasteiger partial charge in [-0.15, -0.1) is 0 Å². The number of pyridine rings is 1. The van der Waals surface area contributed by atoms with Crippen molar-refractivity contribution in [3.8, 4) is 5.88 Å². The van der Waals surface area contributed by atoms with Gasteiger partial charge in [-0.25, -0.2) is 4.98 Å². The fraction of sp³-hybridized carbons (Fsp3) is 0.583. The highest BCUT2D eigenvalue weighted by Crippen LogP contribution is 2.24. The third-order valence-electron chi connectivity index (χ3n) is 2.97. The second-order valence-electron chi connectivity index (χ2n) is 4.63. The molecule has 88 valence electrons. The summed E-state index contributed by atoms with van der Waals surface area (Å²) in [5, 5.41) is 9.88. The van der Waals surface area contributed by atoms with Crippen LogP contribution in [0.2, 0.25) is 0 Å². The first-order chi connectivity index (χ1) is 7.61. The van der Waals surface area contributed by atoms with E-state index < -0.39 is 5.60 Å². The van der Waals surface area contributed by atoms with E-state index in [4.69, 9.17) is 4.74 Å². The van der Waals surface area contributed by atoms with Crippen molar-refractivity contribution in [1.29, 1.82) is 0 Å². The SMILES string of the molecule is COc1ncccc1CN1CCC(C)(O)C1. The molecule has 1 atom stereocenters. The zero-order chi connectivity index (χ0) is 11.6. The van der Waals surface area contributed by atoms with Crippen LogP contribution in [0.15, 0.2) is 18.3 Å². The number of hydrogen-bond acceptors (Lipinski definition) is 4. The minimum atomic E-state index is -0.546. The molecule has 2 heterocycles. The van der Waals surface area contributed by atoms with E-state index in [1.54, 1.807) is 13.3 Å². The van der Waals surface area contributed by atoms with Crippen LogP contribution in [0.1, 0.15) is 18.9 Å². The van der Waals surface area contributed by atoms with Crippen molar-refractivity contribution in [3.63, 3.8) is 0 Å². The molecule has 1 fully saturated rings. The molecule has 2 rings (SSSR count). The molecule has 0 bridgehead atoms. The van der Waals surface area contributed by atoms with Crippen LogP contribution in [-0.4, -0.2) is 40.8 Å². The summed E-state index contributed by atoms with van der Waals surface area (Å²) in [5.41, 5.74) is 0.526. The summed E-state index contributed by atoms with van der Waals surface area (Å²) in [4.78, 5) is 6.39. The van der Waals surface area contributed by atoms with E-state index in [1.807, 2.05) is 19.1 Å². The number of nitrogens with zero attached hydrogens (tertiary/aromatic N) is 2. The van der Waals surface area contributed by atoms with E-state index in [9.17, 15) is 5.11 Å². The van der Waals surface area contributed by atoms with Gasteiger partial charge < -0.3 is 9.84 Å². The minimum Gasteiger partial charge on any atom is -0.481 e. The third-order valence-corrected chi connectivity index (χ3v) is 2.97.